The van der Waals surface area contributed by atoms with E-state index in [-0.39, 0.29) is 12.5 Å². The van der Waals surface area contributed by atoms with Gasteiger partial charge in [0.1, 0.15) is 5.60 Å². The van der Waals surface area contributed by atoms with Gasteiger partial charge in [-0.3, -0.25) is 4.79 Å². The van der Waals surface area contributed by atoms with E-state index in [1.807, 2.05) is 29.6 Å². The maximum absolute atomic E-state index is 12.2. The first kappa shape index (κ1) is 15.7. The predicted octanol–water partition coefficient (Wildman–Crippen LogP) is 2.53. The van der Waals surface area contributed by atoms with Crippen molar-refractivity contribution < 1.29 is 14.6 Å². The first-order chi connectivity index (χ1) is 10.0. The molecule has 1 unspecified atom stereocenters. The van der Waals surface area contributed by atoms with Gasteiger partial charge in [-0.1, -0.05) is 18.2 Å². The van der Waals surface area contributed by atoms with Crippen molar-refractivity contribution in [1.82, 2.24) is 5.32 Å². The number of aliphatic hydroxyl groups is 1. The average molecular weight is 305 g/mol. The van der Waals surface area contributed by atoms with Gasteiger partial charge in [-0.15, -0.1) is 11.3 Å². The van der Waals surface area contributed by atoms with Gasteiger partial charge in [-0.05, 0) is 36.1 Å². The topological polar surface area (TPSA) is 58.6 Å². The van der Waals surface area contributed by atoms with Crippen molar-refractivity contribution in [2.45, 2.75) is 19.1 Å². The summed E-state index contributed by atoms with van der Waals surface area (Å²) in [5.74, 6) is -0.204. The highest BCUT2D eigenvalue weighted by molar-refractivity contribution is 7.10. The lowest BCUT2D eigenvalue weighted by Gasteiger charge is -2.22. The third kappa shape index (κ3) is 4.14. The largest absolute Gasteiger partial charge is 0.383 e. The highest BCUT2D eigenvalue weighted by Crippen LogP contribution is 2.24. The summed E-state index contributed by atoms with van der Waals surface area (Å²) in [7, 11) is 1.62. The molecule has 21 heavy (non-hydrogen) atoms. The van der Waals surface area contributed by atoms with Gasteiger partial charge >= 0.3 is 0 Å². The van der Waals surface area contributed by atoms with Crippen LogP contribution in [-0.2, 0) is 16.9 Å². The van der Waals surface area contributed by atoms with Gasteiger partial charge in [0.25, 0.3) is 5.91 Å². The Morgan fingerprint density at radius 3 is 2.86 bits per heavy atom. The van der Waals surface area contributed by atoms with Gasteiger partial charge in [-0.25, -0.2) is 0 Å². The molecule has 1 amide bonds. The van der Waals surface area contributed by atoms with Gasteiger partial charge in [-0.2, -0.15) is 0 Å². The van der Waals surface area contributed by atoms with Crippen LogP contribution in [0.5, 0.6) is 0 Å². The van der Waals surface area contributed by atoms with Gasteiger partial charge in [0.05, 0.1) is 13.2 Å². The summed E-state index contributed by atoms with van der Waals surface area (Å²) in [6.07, 6.45) is 0. The second-order valence-corrected chi connectivity index (χ2v) is 6.01. The molecule has 0 fully saturated rings. The van der Waals surface area contributed by atoms with Crippen LogP contribution in [0.2, 0.25) is 0 Å². The van der Waals surface area contributed by atoms with Crippen molar-refractivity contribution in [1.29, 1.82) is 0 Å². The highest BCUT2D eigenvalue weighted by Gasteiger charge is 2.25. The summed E-state index contributed by atoms with van der Waals surface area (Å²) < 4.78 is 5.06. The minimum Gasteiger partial charge on any atom is -0.383 e. The molecular formula is C16H19NO3S. The minimum absolute atomic E-state index is 0.168. The first-order valence-corrected chi connectivity index (χ1v) is 7.53. The van der Waals surface area contributed by atoms with Crippen LogP contribution in [0.1, 0.15) is 27.7 Å². The molecule has 0 saturated heterocycles. The summed E-state index contributed by atoms with van der Waals surface area (Å²) in [4.78, 5) is 13.0. The number of benzene rings is 1. The highest BCUT2D eigenvalue weighted by atomic mass is 32.1. The number of methoxy groups -OCH3 is 1. The lowest BCUT2D eigenvalue weighted by atomic mass is 10.0. The van der Waals surface area contributed by atoms with Crippen LogP contribution in [0, 0.1) is 0 Å². The van der Waals surface area contributed by atoms with Crippen LogP contribution < -0.4 is 5.32 Å². The predicted molar refractivity (Wildman–Crippen MR) is 83.4 cm³/mol. The third-order valence-electron chi connectivity index (χ3n) is 3.15. The Balaban J connectivity index is 2.00. The van der Waals surface area contributed by atoms with E-state index in [9.17, 15) is 9.90 Å². The monoisotopic (exact) mass is 305 g/mol. The van der Waals surface area contributed by atoms with E-state index in [1.54, 1.807) is 26.2 Å². The molecule has 0 aliphatic rings. The Morgan fingerprint density at radius 2 is 2.19 bits per heavy atom. The van der Waals surface area contributed by atoms with Crippen LogP contribution >= 0.6 is 11.3 Å². The zero-order valence-electron chi connectivity index (χ0n) is 12.1. The van der Waals surface area contributed by atoms with Gasteiger partial charge in [0.2, 0.25) is 0 Å². The molecule has 0 spiro atoms. The molecule has 0 saturated carbocycles. The smallest absolute Gasteiger partial charge is 0.251 e. The normalized spacial score (nSPS) is 13.7. The SMILES string of the molecule is COCc1cccc(C(=O)NCC(C)(O)c2cccs2)c1. The van der Waals surface area contributed by atoms with Crippen LogP contribution in [-0.4, -0.2) is 24.7 Å². The molecule has 0 aliphatic heterocycles. The average Bonchev–Trinajstić information content (AvgIpc) is 3.00. The number of hydrogen-bond donors (Lipinski definition) is 2. The second-order valence-electron chi connectivity index (χ2n) is 5.07. The van der Waals surface area contributed by atoms with E-state index in [4.69, 9.17) is 4.74 Å². The maximum Gasteiger partial charge on any atom is 0.251 e. The van der Waals surface area contributed by atoms with Crippen molar-refractivity contribution in [3.05, 3.63) is 57.8 Å². The Labute approximate surface area is 128 Å². The van der Waals surface area contributed by atoms with E-state index < -0.39 is 5.60 Å². The number of nitrogens with one attached hydrogen (secondary N) is 1. The van der Waals surface area contributed by atoms with E-state index in [2.05, 4.69) is 5.32 Å². The number of rotatable bonds is 6. The summed E-state index contributed by atoms with van der Waals surface area (Å²) in [5, 5.41) is 15.1. The molecule has 0 bridgehead atoms. The molecule has 1 heterocycles. The third-order valence-corrected chi connectivity index (χ3v) is 4.27. The molecule has 1 aromatic heterocycles. The van der Waals surface area contributed by atoms with Crippen molar-refractivity contribution in [2.24, 2.45) is 0 Å². The van der Waals surface area contributed by atoms with Crippen LogP contribution in [0.3, 0.4) is 0 Å². The standard InChI is InChI=1S/C16H19NO3S/c1-16(19,14-7-4-8-21-14)11-17-15(18)13-6-3-5-12(9-13)10-20-2/h3-9,19H,10-11H2,1-2H3,(H,17,18). The van der Waals surface area contributed by atoms with Crippen LogP contribution in [0.4, 0.5) is 0 Å². The zero-order valence-corrected chi connectivity index (χ0v) is 12.9. The Bertz CT molecular complexity index is 593. The lowest BCUT2D eigenvalue weighted by molar-refractivity contribution is 0.0556. The minimum atomic E-state index is -1.06. The fourth-order valence-electron chi connectivity index (χ4n) is 2.00. The molecule has 2 rings (SSSR count). The number of ether oxygens (including phenoxy) is 1. The number of carbonyl (C=O) groups is 1. The molecule has 4 nitrogen and oxygen atoms in total. The zero-order chi connectivity index (χ0) is 15.3. The molecule has 1 atom stereocenters. The van der Waals surface area contributed by atoms with Crippen molar-refractivity contribution >= 4 is 17.2 Å². The van der Waals surface area contributed by atoms with E-state index in [1.165, 1.54) is 11.3 Å². The van der Waals surface area contributed by atoms with E-state index in [0.717, 1.165) is 10.4 Å². The van der Waals surface area contributed by atoms with Crippen LogP contribution in [0.15, 0.2) is 41.8 Å². The molecule has 1 aromatic carbocycles. The van der Waals surface area contributed by atoms with Gasteiger partial charge < -0.3 is 15.2 Å². The Kier molecular flexibility index (Phi) is 5.12. The summed E-state index contributed by atoms with van der Waals surface area (Å²) in [5.41, 5.74) is 0.440. The van der Waals surface area contributed by atoms with Gasteiger partial charge in [0.15, 0.2) is 0 Å². The van der Waals surface area contributed by atoms with Crippen molar-refractivity contribution in [2.75, 3.05) is 13.7 Å². The maximum atomic E-state index is 12.2. The summed E-state index contributed by atoms with van der Waals surface area (Å²) >= 11 is 1.47. The Hall–Kier alpha value is -1.69. The fourth-order valence-corrected chi connectivity index (χ4v) is 2.78. The quantitative estimate of drug-likeness (QED) is 0.862. The molecular weight excluding hydrogens is 286 g/mol. The number of carbonyl (C=O) groups excluding carboxylic acids is 1. The summed E-state index contributed by atoms with van der Waals surface area (Å²) in [6.45, 7) is 2.33. The van der Waals surface area contributed by atoms with E-state index >= 15 is 0 Å². The van der Waals surface area contributed by atoms with Crippen molar-refractivity contribution in [3.8, 4) is 0 Å². The molecule has 5 heteroatoms. The molecule has 0 aliphatic carbocycles. The number of amides is 1. The number of thiophene rings is 1. The first-order valence-electron chi connectivity index (χ1n) is 6.65. The Morgan fingerprint density at radius 1 is 1.38 bits per heavy atom. The molecule has 2 aromatic rings. The molecule has 0 radical (unpaired) electrons. The number of hydrogen-bond acceptors (Lipinski definition) is 4. The second kappa shape index (κ2) is 6.85. The molecule has 112 valence electrons. The summed E-state index contributed by atoms with van der Waals surface area (Å²) in [6, 6.07) is 11.0. The van der Waals surface area contributed by atoms with Crippen LogP contribution in [0.25, 0.3) is 0 Å². The van der Waals surface area contributed by atoms with Crippen molar-refractivity contribution in [3.63, 3.8) is 0 Å². The lowest BCUT2D eigenvalue weighted by Crippen LogP contribution is -2.38. The van der Waals surface area contributed by atoms with Gasteiger partial charge in [0, 0.05) is 17.6 Å². The van der Waals surface area contributed by atoms with E-state index in [0.29, 0.717) is 12.2 Å². The fraction of sp³-hybridized carbons (Fsp3) is 0.312. The molecule has 2 N–H and O–H groups in total.